The summed E-state index contributed by atoms with van der Waals surface area (Å²) in [6, 6.07) is 0. The topological polar surface area (TPSA) is 134 Å². The third-order valence-electron chi connectivity index (χ3n) is 10.2. The van der Waals surface area contributed by atoms with E-state index < -0.39 is 26.5 Å². The molecule has 0 fully saturated rings. The second-order valence-electron chi connectivity index (χ2n) is 16.0. The molecular weight excluding hydrogens is 762 g/mol. The van der Waals surface area contributed by atoms with Crippen LogP contribution in [0.15, 0.2) is 48.6 Å². The molecule has 0 heterocycles. The van der Waals surface area contributed by atoms with E-state index in [9.17, 15) is 19.0 Å². The number of esters is 2. The summed E-state index contributed by atoms with van der Waals surface area (Å²) in [6.07, 6.45) is 52.8. The van der Waals surface area contributed by atoms with Gasteiger partial charge in [0.25, 0.3) is 0 Å². The lowest BCUT2D eigenvalue weighted by atomic mass is 10.0. The van der Waals surface area contributed by atoms with Crippen molar-refractivity contribution in [2.24, 2.45) is 5.73 Å². The number of carbonyl (C=O) groups is 2. The van der Waals surface area contributed by atoms with Crippen molar-refractivity contribution < 1.29 is 37.6 Å². The SMILES string of the molecule is CC/C=C\C/C=C\C/C=C\C/C=C\CCCCCCCCCCC(=O)OC(COC(=O)CCCCCCCCCCCCCCCCCCC)COP(=O)(O)OCCN. The van der Waals surface area contributed by atoms with E-state index in [1.807, 2.05) is 0 Å². The van der Waals surface area contributed by atoms with Crippen LogP contribution in [-0.2, 0) is 32.7 Å². The lowest BCUT2D eigenvalue weighted by Gasteiger charge is -2.19. The Kier molecular flexibility index (Phi) is 43.9. The molecule has 0 saturated heterocycles. The molecule has 0 spiro atoms. The summed E-state index contributed by atoms with van der Waals surface area (Å²) in [6.45, 7) is 3.64. The number of hydrogen-bond acceptors (Lipinski definition) is 8. The van der Waals surface area contributed by atoms with Gasteiger partial charge < -0.3 is 20.1 Å². The average molecular weight is 852 g/mol. The fourth-order valence-electron chi connectivity index (χ4n) is 6.69. The Labute approximate surface area is 362 Å². The van der Waals surface area contributed by atoms with E-state index in [1.54, 1.807) is 0 Å². The summed E-state index contributed by atoms with van der Waals surface area (Å²) >= 11 is 0. The molecule has 3 N–H and O–H groups in total. The summed E-state index contributed by atoms with van der Waals surface area (Å²) in [7, 11) is -4.38. The van der Waals surface area contributed by atoms with Crippen LogP contribution < -0.4 is 5.73 Å². The average Bonchev–Trinajstić information content (AvgIpc) is 3.22. The number of ether oxygens (including phenoxy) is 2. The second kappa shape index (κ2) is 45.5. The third-order valence-corrected chi connectivity index (χ3v) is 11.2. The molecule has 9 nitrogen and oxygen atoms in total. The van der Waals surface area contributed by atoms with Crippen molar-refractivity contribution in [1.29, 1.82) is 0 Å². The van der Waals surface area contributed by atoms with E-state index in [4.69, 9.17) is 24.3 Å². The highest BCUT2D eigenvalue weighted by Gasteiger charge is 2.26. The quantitative estimate of drug-likeness (QED) is 0.0266. The Balaban J connectivity index is 4.09. The Hall–Kier alpha value is -2.03. The van der Waals surface area contributed by atoms with Gasteiger partial charge in [0.1, 0.15) is 6.61 Å². The van der Waals surface area contributed by atoms with Crippen LogP contribution in [0.3, 0.4) is 0 Å². The number of nitrogens with two attached hydrogens (primary N) is 1. The minimum Gasteiger partial charge on any atom is -0.462 e. The molecule has 0 aliphatic carbocycles. The molecule has 2 atom stereocenters. The van der Waals surface area contributed by atoms with Crippen LogP contribution in [0.5, 0.6) is 0 Å². The molecule has 59 heavy (non-hydrogen) atoms. The van der Waals surface area contributed by atoms with E-state index in [0.29, 0.717) is 6.42 Å². The van der Waals surface area contributed by atoms with E-state index in [0.717, 1.165) is 70.6 Å². The molecule has 0 amide bonds. The fourth-order valence-corrected chi connectivity index (χ4v) is 7.45. The van der Waals surface area contributed by atoms with Gasteiger partial charge in [-0.15, -0.1) is 0 Å². The Bertz CT molecular complexity index is 1110. The number of unbranched alkanes of at least 4 members (excludes halogenated alkanes) is 24. The van der Waals surface area contributed by atoms with Crippen LogP contribution in [0.2, 0.25) is 0 Å². The van der Waals surface area contributed by atoms with Gasteiger partial charge in [-0.25, -0.2) is 4.57 Å². The van der Waals surface area contributed by atoms with Crippen molar-refractivity contribution in [3.8, 4) is 0 Å². The maximum atomic E-state index is 12.6. The number of phosphoric ester groups is 1. The monoisotopic (exact) mass is 852 g/mol. The zero-order valence-corrected chi connectivity index (χ0v) is 38.9. The molecule has 2 unspecified atom stereocenters. The number of hydrogen-bond donors (Lipinski definition) is 2. The summed E-state index contributed by atoms with van der Waals surface area (Å²) < 4.78 is 32.9. The van der Waals surface area contributed by atoms with Crippen LogP contribution in [0.1, 0.15) is 219 Å². The van der Waals surface area contributed by atoms with Gasteiger partial charge in [-0.3, -0.25) is 18.6 Å². The van der Waals surface area contributed by atoms with Crippen LogP contribution >= 0.6 is 7.82 Å². The normalized spacial score (nSPS) is 13.6. The zero-order chi connectivity index (χ0) is 43.2. The van der Waals surface area contributed by atoms with E-state index in [1.165, 1.54) is 116 Å². The van der Waals surface area contributed by atoms with Crippen molar-refractivity contribution in [2.75, 3.05) is 26.4 Å². The molecule has 0 saturated carbocycles. The van der Waals surface area contributed by atoms with Gasteiger partial charge in [0.15, 0.2) is 6.10 Å². The van der Waals surface area contributed by atoms with Crippen molar-refractivity contribution in [1.82, 2.24) is 0 Å². The molecule has 344 valence electrons. The lowest BCUT2D eigenvalue weighted by Crippen LogP contribution is -2.29. The first-order chi connectivity index (χ1) is 28.8. The minimum atomic E-state index is -4.38. The molecule has 0 aromatic carbocycles. The number of carbonyl (C=O) groups excluding carboxylic acids is 2. The number of phosphoric acid groups is 1. The fraction of sp³-hybridized carbons (Fsp3) is 0.796. The largest absolute Gasteiger partial charge is 0.472 e. The molecule has 0 aliphatic rings. The second-order valence-corrected chi connectivity index (χ2v) is 17.4. The Morgan fingerprint density at radius 2 is 0.932 bits per heavy atom. The first kappa shape index (κ1) is 57.0. The minimum absolute atomic E-state index is 0.0516. The molecule has 0 bridgehead atoms. The van der Waals surface area contributed by atoms with Crippen LogP contribution in [0, 0.1) is 0 Å². The molecule has 0 aromatic rings. The van der Waals surface area contributed by atoms with Gasteiger partial charge in [-0.05, 0) is 51.4 Å². The lowest BCUT2D eigenvalue weighted by molar-refractivity contribution is -0.161. The van der Waals surface area contributed by atoms with Crippen molar-refractivity contribution in [3.05, 3.63) is 48.6 Å². The molecule has 0 aromatic heterocycles. The Morgan fingerprint density at radius 1 is 0.525 bits per heavy atom. The highest BCUT2D eigenvalue weighted by molar-refractivity contribution is 7.47. The summed E-state index contributed by atoms with van der Waals surface area (Å²) in [5, 5.41) is 0. The molecule has 10 heteroatoms. The van der Waals surface area contributed by atoms with Crippen molar-refractivity contribution >= 4 is 19.8 Å². The van der Waals surface area contributed by atoms with Crippen LogP contribution in [-0.4, -0.2) is 49.3 Å². The number of allylic oxidation sites excluding steroid dienone is 8. The van der Waals surface area contributed by atoms with E-state index >= 15 is 0 Å². The summed E-state index contributed by atoms with van der Waals surface area (Å²) in [4.78, 5) is 35.0. The van der Waals surface area contributed by atoms with E-state index in [-0.39, 0.29) is 38.6 Å². The molecular formula is C49H90NO8P. The van der Waals surface area contributed by atoms with Crippen molar-refractivity contribution in [3.63, 3.8) is 0 Å². The predicted molar refractivity (Wildman–Crippen MR) is 247 cm³/mol. The van der Waals surface area contributed by atoms with Gasteiger partial charge in [-0.2, -0.15) is 0 Å². The summed E-state index contributed by atoms with van der Waals surface area (Å²) in [5.74, 6) is -0.831. The van der Waals surface area contributed by atoms with Crippen LogP contribution in [0.25, 0.3) is 0 Å². The predicted octanol–water partition coefficient (Wildman–Crippen LogP) is 14.3. The first-order valence-electron chi connectivity index (χ1n) is 24.1. The van der Waals surface area contributed by atoms with Gasteiger partial charge >= 0.3 is 19.8 Å². The van der Waals surface area contributed by atoms with Crippen LogP contribution in [0.4, 0.5) is 0 Å². The highest BCUT2D eigenvalue weighted by Crippen LogP contribution is 2.43. The highest BCUT2D eigenvalue weighted by atomic mass is 31.2. The maximum Gasteiger partial charge on any atom is 0.472 e. The molecule has 0 aliphatic heterocycles. The maximum absolute atomic E-state index is 12.6. The zero-order valence-electron chi connectivity index (χ0n) is 38.0. The standard InChI is InChI=1S/C49H90NO8P/c1-3-5-7-9-11-13-15-17-19-21-22-23-24-26-28-30-32-34-36-38-40-42-49(52)58-47(46-57-59(53,54)56-44-43-50)45-55-48(51)41-39-37-35-33-31-29-27-25-20-18-16-14-12-10-8-6-4-2/h5,7,11,13,17,19,22-23,47H,3-4,6,8-10,12,14-16,18,20-21,24-46,50H2,1-2H3,(H,53,54)/b7-5-,13-11-,19-17-,23-22-. The molecule has 0 rings (SSSR count). The van der Waals surface area contributed by atoms with Crippen molar-refractivity contribution in [2.45, 2.75) is 225 Å². The van der Waals surface area contributed by atoms with Gasteiger partial charge in [0.05, 0.1) is 13.2 Å². The number of rotatable bonds is 45. The smallest absolute Gasteiger partial charge is 0.462 e. The first-order valence-corrected chi connectivity index (χ1v) is 25.6. The molecule has 0 radical (unpaired) electrons. The van der Waals surface area contributed by atoms with E-state index in [2.05, 4.69) is 62.5 Å². The Morgan fingerprint density at radius 3 is 1.39 bits per heavy atom. The third kappa shape index (κ3) is 45.3. The van der Waals surface area contributed by atoms with Gasteiger partial charge in [-0.1, -0.05) is 204 Å². The summed E-state index contributed by atoms with van der Waals surface area (Å²) in [5.41, 5.74) is 5.36. The van der Waals surface area contributed by atoms with Gasteiger partial charge in [0, 0.05) is 19.4 Å². The van der Waals surface area contributed by atoms with Gasteiger partial charge in [0.2, 0.25) is 0 Å².